The van der Waals surface area contributed by atoms with Gasteiger partial charge in [0.05, 0.1) is 16.9 Å². The summed E-state index contributed by atoms with van der Waals surface area (Å²) < 4.78 is 5.15. The van der Waals surface area contributed by atoms with Gasteiger partial charge in [-0.2, -0.15) is 0 Å². The van der Waals surface area contributed by atoms with Gasteiger partial charge in [-0.3, -0.25) is 9.69 Å². The highest BCUT2D eigenvalue weighted by Gasteiger charge is 2.37. The summed E-state index contributed by atoms with van der Waals surface area (Å²) in [6, 6.07) is 0. The maximum Gasteiger partial charge on any atom is 0.291 e. The van der Waals surface area contributed by atoms with Crippen LogP contribution < -0.4 is 0 Å². The molecule has 0 bridgehead atoms. The van der Waals surface area contributed by atoms with E-state index in [9.17, 15) is 4.79 Å². The van der Waals surface area contributed by atoms with E-state index in [1.807, 2.05) is 4.90 Å². The molecule has 128 valence electrons. The Hall–Kier alpha value is -1.73. The molecule has 0 radical (unpaired) electrons. The lowest BCUT2D eigenvalue weighted by Gasteiger charge is -2.20. The molecule has 0 saturated carbocycles. The third-order valence-electron chi connectivity index (χ3n) is 5.19. The lowest BCUT2D eigenvalue weighted by atomic mass is 9.92. The number of rotatable bonds is 3. The molecule has 4 heterocycles. The van der Waals surface area contributed by atoms with Gasteiger partial charge in [-0.05, 0) is 44.7 Å². The Labute approximate surface area is 145 Å². The number of nitrogens with zero attached hydrogens (tertiary/aromatic N) is 4. The van der Waals surface area contributed by atoms with Gasteiger partial charge in [0.2, 0.25) is 5.76 Å². The Morgan fingerprint density at radius 3 is 2.67 bits per heavy atom. The number of aryl methyl sites for hydroxylation is 1. The fourth-order valence-electron chi connectivity index (χ4n) is 3.91. The molecule has 2 aliphatic heterocycles. The van der Waals surface area contributed by atoms with Crippen LogP contribution in [0, 0.1) is 18.8 Å². The van der Waals surface area contributed by atoms with Gasteiger partial charge in [0.25, 0.3) is 5.91 Å². The van der Waals surface area contributed by atoms with Crippen molar-refractivity contribution in [2.24, 2.45) is 11.8 Å². The van der Waals surface area contributed by atoms with Crippen LogP contribution in [-0.4, -0.2) is 51.9 Å². The summed E-state index contributed by atoms with van der Waals surface area (Å²) in [6.07, 6.45) is 5.12. The van der Waals surface area contributed by atoms with E-state index < -0.39 is 0 Å². The molecule has 1 amide bonds. The van der Waals surface area contributed by atoms with Crippen LogP contribution >= 0.6 is 11.3 Å². The maximum atomic E-state index is 12.4. The molecule has 0 N–H and O–H groups in total. The highest BCUT2D eigenvalue weighted by molar-refractivity contribution is 7.09. The van der Waals surface area contributed by atoms with E-state index in [4.69, 9.17) is 4.42 Å². The van der Waals surface area contributed by atoms with Crippen molar-refractivity contribution in [3.8, 4) is 0 Å². The van der Waals surface area contributed by atoms with E-state index in [-0.39, 0.29) is 5.91 Å². The quantitative estimate of drug-likeness (QED) is 0.854. The monoisotopic (exact) mass is 346 g/mol. The van der Waals surface area contributed by atoms with Crippen LogP contribution in [0.2, 0.25) is 0 Å². The zero-order valence-electron chi connectivity index (χ0n) is 13.9. The highest BCUT2D eigenvalue weighted by Crippen LogP contribution is 2.33. The molecule has 0 unspecified atom stereocenters. The topological polar surface area (TPSA) is 62.5 Å². The van der Waals surface area contributed by atoms with Crippen molar-refractivity contribution in [3.05, 3.63) is 34.4 Å². The summed E-state index contributed by atoms with van der Waals surface area (Å²) in [5, 5.41) is 3.30. The first-order valence-electron chi connectivity index (χ1n) is 8.50. The largest absolute Gasteiger partial charge is 0.438 e. The summed E-state index contributed by atoms with van der Waals surface area (Å²) in [5.41, 5.74) is 1.19. The zero-order valence-corrected chi connectivity index (χ0v) is 14.7. The number of carbonyl (C=O) groups excluding carboxylic acids is 1. The zero-order chi connectivity index (χ0) is 16.5. The Kier molecular flexibility index (Phi) is 4.37. The SMILES string of the molecule is Cc1nc(CN2CC[C@@H]3CN(C(=O)c4cnco4)C[C@@H]3CC2)cs1. The van der Waals surface area contributed by atoms with Gasteiger partial charge in [0.15, 0.2) is 6.39 Å². The number of carbonyl (C=O) groups is 1. The Bertz CT molecular complexity index is 683. The molecule has 2 atom stereocenters. The molecule has 2 aliphatic rings. The smallest absolute Gasteiger partial charge is 0.291 e. The predicted molar refractivity (Wildman–Crippen MR) is 90.7 cm³/mol. The third-order valence-corrected chi connectivity index (χ3v) is 6.01. The van der Waals surface area contributed by atoms with Crippen molar-refractivity contribution >= 4 is 17.2 Å². The second-order valence-electron chi connectivity index (χ2n) is 6.81. The molecule has 4 rings (SSSR count). The van der Waals surface area contributed by atoms with Gasteiger partial charge in [-0.25, -0.2) is 9.97 Å². The Morgan fingerprint density at radius 2 is 2.08 bits per heavy atom. The van der Waals surface area contributed by atoms with Gasteiger partial charge in [0.1, 0.15) is 0 Å². The number of aromatic nitrogens is 2. The van der Waals surface area contributed by atoms with Crippen LogP contribution in [0.15, 0.2) is 22.4 Å². The van der Waals surface area contributed by atoms with Crippen molar-refractivity contribution in [3.63, 3.8) is 0 Å². The summed E-state index contributed by atoms with van der Waals surface area (Å²) in [7, 11) is 0. The maximum absolute atomic E-state index is 12.4. The van der Waals surface area contributed by atoms with Crippen LogP contribution in [0.1, 0.15) is 34.1 Å². The Morgan fingerprint density at radius 1 is 1.33 bits per heavy atom. The lowest BCUT2D eigenvalue weighted by molar-refractivity contribution is 0.0748. The van der Waals surface area contributed by atoms with Crippen LogP contribution in [-0.2, 0) is 6.54 Å². The van der Waals surface area contributed by atoms with Crippen LogP contribution in [0.4, 0.5) is 0 Å². The molecule has 2 saturated heterocycles. The number of hydrogen-bond donors (Lipinski definition) is 0. The fourth-order valence-corrected chi connectivity index (χ4v) is 4.52. The van der Waals surface area contributed by atoms with Crippen molar-refractivity contribution in [1.82, 2.24) is 19.8 Å². The summed E-state index contributed by atoms with van der Waals surface area (Å²) >= 11 is 1.72. The summed E-state index contributed by atoms with van der Waals surface area (Å²) in [4.78, 5) is 25.3. The van der Waals surface area contributed by atoms with Gasteiger partial charge in [0, 0.05) is 25.0 Å². The molecule has 2 fully saturated rings. The average Bonchev–Trinajstić information content (AvgIpc) is 3.29. The minimum Gasteiger partial charge on any atom is -0.438 e. The van der Waals surface area contributed by atoms with Crippen LogP contribution in [0.3, 0.4) is 0 Å². The standard InChI is InChI=1S/C17H22N4O2S/c1-12-19-15(10-24-12)9-20-4-2-13-7-21(8-14(13)3-5-20)17(22)16-6-18-11-23-16/h6,10-11,13-14H,2-5,7-9H2,1H3/t13-,14+. The summed E-state index contributed by atoms with van der Waals surface area (Å²) in [6.45, 7) is 6.86. The van der Waals surface area contributed by atoms with Gasteiger partial charge >= 0.3 is 0 Å². The third kappa shape index (κ3) is 3.23. The second-order valence-corrected chi connectivity index (χ2v) is 7.87. The summed E-state index contributed by atoms with van der Waals surface area (Å²) in [5.74, 6) is 1.53. The van der Waals surface area contributed by atoms with E-state index in [1.54, 1.807) is 11.3 Å². The number of hydrogen-bond acceptors (Lipinski definition) is 6. The number of amides is 1. The molecule has 2 aromatic rings. The molecular formula is C17H22N4O2S. The minimum absolute atomic E-state index is 0.0182. The molecular weight excluding hydrogens is 324 g/mol. The van der Waals surface area contributed by atoms with Crippen molar-refractivity contribution in [1.29, 1.82) is 0 Å². The number of likely N-dealkylation sites (tertiary alicyclic amines) is 2. The number of thiazole rings is 1. The van der Waals surface area contributed by atoms with E-state index in [1.165, 1.54) is 18.3 Å². The van der Waals surface area contributed by atoms with E-state index in [0.29, 0.717) is 17.6 Å². The van der Waals surface area contributed by atoms with E-state index in [2.05, 4.69) is 27.2 Å². The van der Waals surface area contributed by atoms with Gasteiger partial charge < -0.3 is 9.32 Å². The first kappa shape index (κ1) is 15.8. The average molecular weight is 346 g/mol. The minimum atomic E-state index is -0.0182. The van der Waals surface area contributed by atoms with Crippen molar-refractivity contribution in [2.45, 2.75) is 26.3 Å². The molecule has 0 spiro atoms. The predicted octanol–water partition coefficient (Wildman–Crippen LogP) is 2.42. The molecule has 6 nitrogen and oxygen atoms in total. The molecule has 7 heteroatoms. The van der Waals surface area contributed by atoms with Gasteiger partial charge in [-0.1, -0.05) is 0 Å². The second kappa shape index (κ2) is 6.64. The molecule has 0 aromatic carbocycles. The van der Waals surface area contributed by atoms with E-state index >= 15 is 0 Å². The van der Waals surface area contributed by atoms with Gasteiger partial charge in [-0.15, -0.1) is 11.3 Å². The molecule has 24 heavy (non-hydrogen) atoms. The van der Waals surface area contributed by atoms with Crippen molar-refractivity contribution in [2.75, 3.05) is 26.2 Å². The van der Waals surface area contributed by atoms with Crippen molar-refractivity contribution < 1.29 is 9.21 Å². The Balaban J connectivity index is 1.34. The van der Waals surface area contributed by atoms with Crippen LogP contribution in [0.25, 0.3) is 0 Å². The number of oxazole rings is 1. The first-order chi connectivity index (χ1) is 11.7. The van der Waals surface area contributed by atoms with Crippen LogP contribution in [0.5, 0.6) is 0 Å². The highest BCUT2D eigenvalue weighted by atomic mass is 32.1. The molecule has 0 aliphatic carbocycles. The van der Waals surface area contributed by atoms with E-state index in [0.717, 1.165) is 50.6 Å². The lowest BCUT2D eigenvalue weighted by Crippen LogP contribution is -2.30. The first-order valence-corrected chi connectivity index (χ1v) is 9.38. The molecule has 2 aromatic heterocycles. The normalized spacial score (nSPS) is 24.8. The fraction of sp³-hybridized carbons (Fsp3) is 0.588. The number of fused-ring (bicyclic) bond motifs is 1.